The predicted octanol–water partition coefficient (Wildman–Crippen LogP) is 2.28. The minimum absolute atomic E-state index is 0.0474. The number of piperidine rings is 3. The molecule has 0 radical (unpaired) electrons. The molecule has 2 N–H and O–H groups in total. The number of hydrogen-bond donors (Lipinski definition) is 2. The molecule has 6 rings (SSSR count). The summed E-state index contributed by atoms with van der Waals surface area (Å²) in [5.41, 5.74) is 2.79. The van der Waals surface area contributed by atoms with Crippen molar-refractivity contribution in [1.29, 1.82) is 0 Å². The maximum atomic E-state index is 12.8. The SMILES string of the molecule is O=C(N[C@@H]1CN2CCC1CC2)c1n[nH]c2cc(C3CCOCC3)ccc12. The summed E-state index contributed by atoms with van der Waals surface area (Å²) in [6.45, 7) is 5.00. The Morgan fingerprint density at radius 3 is 2.73 bits per heavy atom. The average Bonchev–Trinajstić information content (AvgIpc) is 3.13. The molecular weight excluding hydrogens is 328 g/mol. The molecule has 2 aromatic rings. The van der Waals surface area contributed by atoms with Crippen LogP contribution >= 0.6 is 0 Å². The normalized spacial score (nSPS) is 29.2. The molecule has 0 unspecified atom stereocenters. The number of nitrogens with zero attached hydrogens (tertiary/aromatic N) is 2. The van der Waals surface area contributed by atoms with Gasteiger partial charge in [-0.3, -0.25) is 9.89 Å². The van der Waals surface area contributed by atoms with E-state index in [0.29, 0.717) is 17.5 Å². The molecule has 1 aromatic carbocycles. The highest BCUT2D eigenvalue weighted by atomic mass is 16.5. The second kappa shape index (κ2) is 6.67. The van der Waals surface area contributed by atoms with Gasteiger partial charge in [0.25, 0.3) is 5.91 Å². The topological polar surface area (TPSA) is 70.2 Å². The maximum absolute atomic E-state index is 12.8. The average molecular weight is 354 g/mol. The lowest BCUT2D eigenvalue weighted by Crippen LogP contribution is -2.57. The molecular formula is C20H26N4O2. The number of aromatic nitrogens is 2. The quantitative estimate of drug-likeness (QED) is 0.887. The number of hydrogen-bond acceptors (Lipinski definition) is 4. The van der Waals surface area contributed by atoms with Crippen molar-refractivity contribution in [2.24, 2.45) is 5.92 Å². The zero-order valence-corrected chi connectivity index (χ0v) is 15.0. The van der Waals surface area contributed by atoms with Crippen LogP contribution in [0.1, 0.15) is 47.7 Å². The fourth-order valence-corrected chi connectivity index (χ4v) is 4.86. The van der Waals surface area contributed by atoms with Crippen molar-refractivity contribution < 1.29 is 9.53 Å². The van der Waals surface area contributed by atoms with E-state index in [1.807, 2.05) is 0 Å². The molecule has 4 saturated heterocycles. The van der Waals surface area contributed by atoms with Crippen molar-refractivity contribution in [3.63, 3.8) is 0 Å². The number of aromatic amines is 1. The number of carbonyl (C=O) groups is 1. The van der Waals surface area contributed by atoms with Gasteiger partial charge in [0, 0.05) is 31.2 Å². The summed E-state index contributed by atoms with van der Waals surface area (Å²) in [6, 6.07) is 6.62. The molecule has 6 nitrogen and oxygen atoms in total. The Labute approximate surface area is 153 Å². The third kappa shape index (κ3) is 2.91. The summed E-state index contributed by atoms with van der Waals surface area (Å²) in [4.78, 5) is 15.3. The van der Waals surface area contributed by atoms with Gasteiger partial charge in [-0.1, -0.05) is 12.1 Å². The number of H-pyrrole nitrogens is 1. The maximum Gasteiger partial charge on any atom is 0.272 e. The van der Waals surface area contributed by atoms with E-state index in [-0.39, 0.29) is 11.9 Å². The van der Waals surface area contributed by atoms with Gasteiger partial charge in [0.2, 0.25) is 0 Å². The first kappa shape index (κ1) is 16.3. The zero-order valence-electron chi connectivity index (χ0n) is 15.0. The number of amides is 1. The third-order valence-corrected chi connectivity index (χ3v) is 6.47. The Balaban J connectivity index is 1.34. The Morgan fingerprint density at radius 1 is 1.19 bits per heavy atom. The minimum Gasteiger partial charge on any atom is -0.381 e. The Morgan fingerprint density at radius 2 is 2.00 bits per heavy atom. The minimum atomic E-state index is -0.0474. The number of rotatable bonds is 3. The smallest absolute Gasteiger partial charge is 0.272 e. The molecule has 1 amide bonds. The van der Waals surface area contributed by atoms with Gasteiger partial charge in [-0.05, 0) is 62.2 Å². The number of benzene rings is 1. The van der Waals surface area contributed by atoms with Crippen LogP contribution in [0.3, 0.4) is 0 Å². The summed E-state index contributed by atoms with van der Waals surface area (Å²) >= 11 is 0. The number of fused-ring (bicyclic) bond motifs is 4. The first-order chi connectivity index (χ1) is 12.8. The van der Waals surface area contributed by atoms with Gasteiger partial charge < -0.3 is 15.0 Å². The molecule has 1 aromatic heterocycles. The van der Waals surface area contributed by atoms with Crippen LogP contribution in [0.4, 0.5) is 0 Å². The van der Waals surface area contributed by atoms with E-state index < -0.39 is 0 Å². The van der Waals surface area contributed by atoms with Gasteiger partial charge in [-0.25, -0.2) is 0 Å². The van der Waals surface area contributed by atoms with Crippen LogP contribution < -0.4 is 5.32 Å². The van der Waals surface area contributed by atoms with E-state index in [1.54, 1.807) is 0 Å². The third-order valence-electron chi connectivity index (χ3n) is 6.47. The molecule has 6 heteroatoms. The van der Waals surface area contributed by atoms with Gasteiger partial charge >= 0.3 is 0 Å². The van der Waals surface area contributed by atoms with E-state index in [2.05, 4.69) is 38.6 Å². The molecule has 0 spiro atoms. The van der Waals surface area contributed by atoms with E-state index >= 15 is 0 Å². The predicted molar refractivity (Wildman–Crippen MR) is 99.3 cm³/mol. The summed E-state index contributed by atoms with van der Waals surface area (Å²) < 4.78 is 5.46. The molecule has 1 atom stereocenters. The zero-order chi connectivity index (χ0) is 17.5. The van der Waals surface area contributed by atoms with Crippen molar-refractivity contribution in [2.75, 3.05) is 32.8 Å². The van der Waals surface area contributed by atoms with Crippen molar-refractivity contribution in [2.45, 2.75) is 37.6 Å². The molecule has 0 aliphatic carbocycles. The summed E-state index contributed by atoms with van der Waals surface area (Å²) in [7, 11) is 0. The molecule has 26 heavy (non-hydrogen) atoms. The standard InChI is InChI=1S/C20H26N4O2/c25-20(21-18-12-24-7-3-14(18)4-8-24)19-16-2-1-15(11-17(16)22-23-19)13-5-9-26-10-6-13/h1-2,11,13-14,18H,3-10,12H2,(H,21,25)(H,22,23)/t18-/m1/s1. The van der Waals surface area contributed by atoms with Crippen LogP contribution in [-0.2, 0) is 4.74 Å². The fourth-order valence-electron chi connectivity index (χ4n) is 4.86. The molecule has 4 aliphatic rings. The fraction of sp³-hybridized carbons (Fsp3) is 0.600. The molecule has 0 saturated carbocycles. The van der Waals surface area contributed by atoms with Crippen LogP contribution in [0, 0.1) is 5.92 Å². The van der Waals surface area contributed by atoms with Crippen LogP contribution in [0.2, 0.25) is 0 Å². The van der Waals surface area contributed by atoms with Gasteiger partial charge in [-0.15, -0.1) is 0 Å². The lowest BCUT2D eigenvalue weighted by Gasteiger charge is -2.44. The first-order valence-electron chi connectivity index (χ1n) is 9.87. The Kier molecular flexibility index (Phi) is 4.17. The van der Waals surface area contributed by atoms with E-state index in [0.717, 1.165) is 43.5 Å². The Hall–Kier alpha value is -1.92. The number of ether oxygens (including phenoxy) is 1. The van der Waals surface area contributed by atoms with E-state index in [9.17, 15) is 4.79 Å². The molecule has 138 valence electrons. The summed E-state index contributed by atoms with van der Waals surface area (Å²) in [5, 5.41) is 11.6. The van der Waals surface area contributed by atoms with Gasteiger partial charge in [0.15, 0.2) is 5.69 Å². The first-order valence-corrected chi connectivity index (χ1v) is 9.87. The van der Waals surface area contributed by atoms with Crippen molar-refractivity contribution in [3.05, 3.63) is 29.5 Å². The lowest BCUT2D eigenvalue weighted by atomic mass is 9.84. The monoisotopic (exact) mass is 354 g/mol. The molecule has 4 fully saturated rings. The van der Waals surface area contributed by atoms with Crippen LogP contribution in [0.5, 0.6) is 0 Å². The van der Waals surface area contributed by atoms with Crippen LogP contribution in [0.25, 0.3) is 10.9 Å². The van der Waals surface area contributed by atoms with Crippen molar-refractivity contribution in [1.82, 2.24) is 20.4 Å². The highest BCUT2D eigenvalue weighted by molar-refractivity contribution is 6.04. The van der Waals surface area contributed by atoms with Crippen LogP contribution in [-0.4, -0.2) is 59.9 Å². The molecule has 5 heterocycles. The molecule has 4 aliphatic heterocycles. The molecule has 2 bridgehead atoms. The second-order valence-corrected chi connectivity index (χ2v) is 7.98. The number of carbonyl (C=O) groups excluding carboxylic acids is 1. The van der Waals surface area contributed by atoms with E-state index in [4.69, 9.17) is 4.74 Å². The van der Waals surface area contributed by atoms with E-state index in [1.165, 1.54) is 31.5 Å². The summed E-state index contributed by atoms with van der Waals surface area (Å²) in [5.74, 6) is 1.11. The van der Waals surface area contributed by atoms with Crippen molar-refractivity contribution >= 4 is 16.8 Å². The van der Waals surface area contributed by atoms with Crippen molar-refractivity contribution in [3.8, 4) is 0 Å². The summed E-state index contributed by atoms with van der Waals surface area (Å²) in [6.07, 6.45) is 4.51. The number of nitrogens with one attached hydrogen (secondary N) is 2. The van der Waals surface area contributed by atoms with Crippen LogP contribution in [0.15, 0.2) is 18.2 Å². The second-order valence-electron chi connectivity index (χ2n) is 7.98. The lowest BCUT2D eigenvalue weighted by molar-refractivity contribution is 0.0618. The Bertz CT molecular complexity index is 803. The largest absolute Gasteiger partial charge is 0.381 e. The van der Waals surface area contributed by atoms with Gasteiger partial charge in [0.1, 0.15) is 0 Å². The van der Waals surface area contributed by atoms with Gasteiger partial charge in [0.05, 0.1) is 5.52 Å². The van der Waals surface area contributed by atoms with Gasteiger partial charge in [-0.2, -0.15) is 5.10 Å². The highest BCUT2D eigenvalue weighted by Crippen LogP contribution is 2.30. The highest BCUT2D eigenvalue weighted by Gasteiger charge is 2.35.